The minimum atomic E-state index is -4.70. The lowest BCUT2D eigenvalue weighted by Crippen LogP contribution is -2.49. The average molecular weight is 604 g/mol. The van der Waals surface area contributed by atoms with Crippen LogP contribution in [0.3, 0.4) is 0 Å². The van der Waals surface area contributed by atoms with E-state index in [1.165, 1.54) is 29.9 Å². The minimum Gasteiger partial charge on any atom is -0.384 e. The number of hydrogen-bond donors (Lipinski definition) is 1. The highest BCUT2D eigenvalue weighted by molar-refractivity contribution is 6.05. The number of nitrogens with zero attached hydrogens (tertiary/aromatic N) is 6. The van der Waals surface area contributed by atoms with Crippen LogP contribution in [0.2, 0.25) is 0 Å². The number of fused-ring (bicyclic) bond motifs is 3. The Kier molecular flexibility index (Phi) is 7.64. The standard InChI is InChI=1S/C31H28F3N7O3/c1-44-13-8-27(42)40-11-9-39(10-12-40)26-6-4-22(15-24(26)31(32,33)34)41-28(43)7-3-20-16-36-25-5-2-19(14-23(25)29(20)41)21-17-37-30(35)38-18-21/h2-7,14-18H,8-13H2,1H3,(H2,35,37,38). The molecule has 5 aromatic rings. The number of anilines is 2. The number of aromatic nitrogens is 4. The fourth-order valence-corrected chi connectivity index (χ4v) is 5.54. The van der Waals surface area contributed by atoms with Crippen molar-refractivity contribution in [2.45, 2.75) is 12.6 Å². The Morgan fingerprint density at radius 3 is 2.39 bits per heavy atom. The lowest BCUT2D eigenvalue weighted by molar-refractivity contribution is -0.137. The van der Waals surface area contributed by atoms with E-state index in [1.807, 2.05) is 12.1 Å². The number of amides is 1. The molecule has 6 rings (SSSR count). The summed E-state index contributed by atoms with van der Waals surface area (Å²) in [7, 11) is 1.51. The van der Waals surface area contributed by atoms with E-state index in [0.717, 1.165) is 11.6 Å². The van der Waals surface area contributed by atoms with Crippen molar-refractivity contribution >= 4 is 39.3 Å². The second-order valence-electron chi connectivity index (χ2n) is 10.4. The van der Waals surface area contributed by atoms with Crippen LogP contribution in [0.15, 0.2) is 71.9 Å². The molecule has 0 unspecified atom stereocenters. The first-order chi connectivity index (χ1) is 21.1. The minimum absolute atomic E-state index is 0.00399. The molecule has 1 fully saturated rings. The summed E-state index contributed by atoms with van der Waals surface area (Å²) < 4.78 is 49.9. The van der Waals surface area contributed by atoms with Crippen LogP contribution < -0.4 is 16.2 Å². The van der Waals surface area contributed by atoms with Gasteiger partial charge in [0.2, 0.25) is 11.9 Å². The molecule has 0 saturated carbocycles. The molecule has 1 amide bonds. The van der Waals surface area contributed by atoms with Crippen LogP contribution in [0.5, 0.6) is 0 Å². The smallest absolute Gasteiger partial charge is 0.384 e. The zero-order chi connectivity index (χ0) is 31.0. The number of nitrogen functional groups attached to an aromatic ring is 1. The van der Waals surface area contributed by atoms with Gasteiger partial charge in [0.05, 0.1) is 35.3 Å². The van der Waals surface area contributed by atoms with E-state index in [1.54, 1.807) is 40.5 Å². The first-order valence-corrected chi connectivity index (χ1v) is 13.9. The molecule has 0 aliphatic carbocycles. The second-order valence-corrected chi connectivity index (χ2v) is 10.4. The van der Waals surface area contributed by atoms with Gasteiger partial charge in [0.1, 0.15) is 0 Å². The molecule has 226 valence electrons. The first kappa shape index (κ1) is 29.1. The summed E-state index contributed by atoms with van der Waals surface area (Å²) in [5.41, 5.74) is 6.72. The van der Waals surface area contributed by atoms with Crippen molar-refractivity contribution in [1.29, 1.82) is 0 Å². The summed E-state index contributed by atoms with van der Waals surface area (Å²) in [6, 6.07) is 12.2. The van der Waals surface area contributed by atoms with Crippen LogP contribution >= 0.6 is 0 Å². The predicted octanol–water partition coefficient (Wildman–Crippen LogP) is 4.28. The SMILES string of the molecule is COCCC(=O)N1CCN(c2ccc(-n3c(=O)ccc4cnc5ccc(-c6cnc(N)nc6)cc5c43)cc2C(F)(F)F)CC1. The van der Waals surface area contributed by atoms with Crippen molar-refractivity contribution < 1.29 is 22.7 Å². The number of methoxy groups -OCH3 is 1. The lowest BCUT2D eigenvalue weighted by atomic mass is 10.0. The van der Waals surface area contributed by atoms with Crippen LogP contribution in [-0.4, -0.2) is 70.2 Å². The van der Waals surface area contributed by atoms with Gasteiger partial charge in [-0.3, -0.25) is 19.1 Å². The van der Waals surface area contributed by atoms with E-state index in [0.29, 0.717) is 40.5 Å². The Labute approximate surface area is 249 Å². The number of halogens is 3. The molecule has 2 aromatic carbocycles. The number of nitrogens with two attached hydrogens (primary N) is 1. The van der Waals surface area contributed by atoms with Gasteiger partial charge < -0.3 is 20.3 Å². The van der Waals surface area contributed by atoms with Gasteiger partial charge in [-0.1, -0.05) is 6.07 Å². The fraction of sp³-hybridized carbons (Fsp3) is 0.258. The zero-order valence-corrected chi connectivity index (χ0v) is 23.7. The largest absolute Gasteiger partial charge is 0.418 e. The molecule has 1 aliphatic heterocycles. The van der Waals surface area contributed by atoms with Gasteiger partial charge in [0.15, 0.2) is 0 Å². The molecule has 10 nitrogen and oxygen atoms in total. The molecular formula is C31H28F3N7O3. The molecule has 0 spiro atoms. The van der Waals surface area contributed by atoms with Gasteiger partial charge in [-0.25, -0.2) is 9.97 Å². The topological polar surface area (TPSA) is 119 Å². The summed E-state index contributed by atoms with van der Waals surface area (Å²) in [5.74, 6) is 0.0267. The molecular weight excluding hydrogens is 575 g/mol. The maximum atomic E-state index is 14.6. The van der Waals surface area contributed by atoms with E-state index in [9.17, 15) is 22.8 Å². The Balaban J connectivity index is 1.44. The van der Waals surface area contributed by atoms with Crippen LogP contribution in [0, 0.1) is 0 Å². The number of carbonyl (C=O) groups is 1. The maximum absolute atomic E-state index is 14.6. The summed E-state index contributed by atoms with van der Waals surface area (Å²) in [5, 5.41) is 1.15. The molecule has 44 heavy (non-hydrogen) atoms. The maximum Gasteiger partial charge on any atom is 0.418 e. The summed E-state index contributed by atoms with van der Waals surface area (Å²) in [6.07, 6.45) is 0.249. The molecule has 0 atom stereocenters. The van der Waals surface area contributed by atoms with Gasteiger partial charge in [0.25, 0.3) is 5.56 Å². The number of piperazine rings is 1. The van der Waals surface area contributed by atoms with Crippen molar-refractivity contribution in [3.05, 3.63) is 83.0 Å². The fourth-order valence-electron chi connectivity index (χ4n) is 5.54. The average Bonchev–Trinajstić information content (AvgIpc) is 3.03. The quantitative estimate of drug-likeness (QED) is 0.286. The van der Waals surface area contributed by atoms with Gasteiger partial charge in [0, 0.05) is 80.0 Å². The molecule has 1 aliphatic rings. The summed E-state index contributed by atoms with van der Waals surface area (Å²) in [4.78, 5) is 41.6. The van der Waals surface area contributed by atoms with E-state index < -0.39 is 17.3 Å². The van der Waals surface area contributed by atoms with Crippen LogP contribution in [0.25, 0.3) is 38.6 Å². The monoisotopic (exact) mass is 603 g/mol. The Morgan fingerprint density at radius 1 is 0.932 bits per heavy atom. The lowest BCUT2D eigenvalue weighted by Gasteiger charge is -2.37. The first-order valence-electron chi connectivity index (χ1n) is 13.9. The van der Waals surface area contributed by atoms with Crippen LogP contribution in [0.4, 0.5) is 24.8 Å². The molecule has 1 saturated heterocycles. The van der Waals surface area contributed by atoms with Gasteiger partial charge >= 0.3 is 6.18 Å². The van der Waals surface area contributed by atoms with Crippen molar-refractivity contribution in [3.8, 4) is 16.8 Å². The highest BCUT2D eigenvalue weighted by Crippen LogP contribution is 2.39. The molecule has 3 aromatic heterocycles. The van der Waals surface area contributed by atoms with Gasteiger partial charge in [-0.15, -0.1) is 0 Å². The number of hydrogen-bond acceptors (Lipinski definition) is 8. The van der Waals surface area contributed by atoms with Crippen molar-refractivity contribution in [1.82, 2.24) is 24.4 Å². The number of ether oxygens (including phenoxy) is 1. The molecule has 13 heteroatoms. The Hall–Kier alpha value is -5.04. The van der Waals surface area contributed by atoms with Crippen molar-refractivity contribution in [2.75, 3.05) is 50.5 Å². The van der Waals surface area contributed by atoms with E-state index >= 15 is 0 Å². The number of alkyl halides is 3. The van der Waals surface area contributed by atoms with Crippen LogP contribution in [-0.2, 0) is 15.7 Å². The van der Waals surface area contributed by atoms with Gasteiger partial charge in [-0.05, 0) is 42.0 Å². The summed E-state index contributed by atoms with van der Waals surface area (Å²) in [6.45, 7) is 1.36. The van der Waals surface area contributed by atoms with E-state index in [-0.39, 0.29) is 49.3 Å². The third-order valence-electron chi connectivity index (χ3n) is 7.76. The predicted molar refractivity (Wildman–Crippen MR) is 161 cm³/mol. The van der Waals surface area contributed by atoms with E-state index in [2.05, 4.69) is 15.0 Å². The number of rotatable bonds is 6. The summed E-state index contributed by atoms with van der Waals surface area (Å²) >= 11 is 0. The highest BCUT2D eigenvalue weighted by atomic mass is 19.4. The van der Waals surface area contributed by atoms with Crippen molar-refractivity contribution in [2.24, 2.45) is 0 Å². The Bertz CT molecular complexity index is 1920. The third kappa shape index (κ3) is 5.53. The molecule has 0 radical (unpaired) electrons. The number of carbonyl (C=O) groups excluding carboxylic acids is 1. The second kappa shape index (κ2) is 11.6. The highest BCUT2D eigenvalue weighted by Gasteiger charge is 2.36. The normalized spacial score (nSPS) is 14.0. The third-order valence-corrected chi connectivity index (χ3v) is 7.76. The number of benzene rings is 2. The molecule has 4 heterocycles. The molecule has 2 N–H and O–H groups in total. The number of pyridine rings is 2. The van der Waals surface area contributed by atoms with Crippen LogP contribution in [0.1, 0.15) is 12.0 Å². The van der Waals surface area contributed by atoms with Gasteiger partial charge in [-0.2, -0.15) is 13.2 Å². The zero-order valence-electron chi connectivity index (χ0n) is 23.7. The Morgan fingerprint density at radius 2 is 1.68 bits per heavy atom. The van der Waals surface area contributed by atoms with Crippen molar-refractivity contribution in [3.63, 3.8) is 0 Å². The van der Waals surface area contributed by atoms with E-state index in [4.69, 9.17) is 10.5 Å². The molecule has 0 bridgehead atoms.